The molecule has 3 amide bonds. The van der Waals surface area contributed by atoms with Crippen molar-refractivity contribution in [3.8, 4) is 5.75 Å². The molecule has 0 aliphatic carbocycles. The molecule has 3 N–H and O–H groups in total. The lowest BCUT2D eigenvalue weighted by Crippen LogP contribution is -2.27. The molecule has 182 valence electrons. The van der Waals surface area contributed by atoms with Crippen LogP contribution >= 0.6 is 0 Å². The van der Waals surface area contributed by atoms with E-state index in [0.29, 0.717) is 46.6 Å². The lowest BCUT2D eigenvalue weighted by Gasteiger charge is -2.18. The standard InChI is InChI=1S/C26H21BN6O4/c27-16-4-2-15(3-5-16)17-7-8-33(26(17)36)19-11-28-23-22(19)30-13-31-24(23)25(35)29-10-14-1-6-20-18(9-14)32-21(34)12-37-20/h1-6,9,11,13,17,28H,7-8,10,12H2,(H,29,35)(H,32,34). The fraction of sp³-hybridized carbons (Fsp3) is 0.192. The molecule has 10 nitrogen and oxygen atoms in total. The second-order valence-electron chi connectivity index (χ2n) is 8.97. The van der Waals surface area contributed by atoms with Crippen LogP contribution in [0.15, 0.2) is 55.0 Å². The molecule has 11 heteroatoms. The number of rotatable bonds is 5. The van der Waals surface area contributed by atoms with Gasteiger partial charge in [-0.2, -0.15) is 0 Å². The summed E-state index contributed by atoms with van der Waals surface area (Å²) in [5.74, 6) is -0.330. The van der Waals surface area contributed by atoms with E-state index < -0.39 is 5.91 Å². The predicted octanol–water partition coefficient (Wildman–Crippen LogP) is 1.53. The first kappa shape index (κ1) is 22.8. The van der Waals surface area contributed by atoms with E-state index in [1.165, 1.54) is 6.33 Å². The summed E-state index contributed by atoms with van der Waals surface area (Å²) in [4.78, 5) is 51.2. The van der Waals surface area contributed by atoms with Gasteiger partial charge in [0.25, 0.3) is 11.8 Å². The van der Waals surface area contributed by atoms with E-state index in [0.717, 1.165) is 11.1 Å². The van der Waals surface area contributed by atoms with Crippen molar-refractivity contribution in [2.24, 2.45) is 0 Å². The highest BCUT2D eigenvalue weighted by Crippen LogP contribution is 2.35. The van der Waals surface area contributed by atoms with Crippen LogP contribution in [0.1, 0.15) is 34.0 Å². The van der Waals surface area contributed by atoms with E-state index in [-0.39, 0.29) is 36.6 Å². The van der Waals surface area contributed by atoms with Gasteiger partial charge >= 0.3 is 0 Å². The number of benzene rings is 2. The molecular weight excluding hydrogens is 471 g/mol. The van der Waals surface area contributed by atoms with Crippen molar-refractivity contribution < 1.29 is 19.1 Å². The molecule has 37 heavy (non-hydrogen) atoms. The lowest BCUT2D eigenvalue weighted by atomic mass is 9.91. The fourth-order valence-corrected chi connectivity index (χ4v) is 4.77. The Bertz CT molecular complexity index is 1550. The van der Waals surface area contributed by atoms with Crippen LogP contribution in [0.2, 0.25) is 0 Å². The molecule has 1 fully saturated rings. The molecular formula is C26H21BN6O4. The van der Waals surface area contributed by atoms with Gasteiger partial charge in [-0.15, -0.1) is 0 Å². The number of aromatic nitrogens is 3. The van der Waals surface area contributed by atoms with E-state index in [4.69, 9.17) is 12.6 Å². The van der Waals surface area contributed by atoms with E-state index in [1.807, 2.05) is 18.2 Å². The molecule has 0 saturated carbocycles. The number of ether oxygens (including phenoxy) is 1. The van der Waals surface area contributed by atoms with Crippen molar-refractivity contribution in [2.45, 2.75) is 18.9 Å². The molecule has 1 atom stereocenters. The highest BCUT2D eigenvalue weighted by Gasteiger charge is 2.35. The Hall–Kier alpha value is -4.67. The summed E-state index contributed by atoms with van der Waals surface area (Å²) in [6.07, 6.45) is 3.67. The summed E-state index contributed by atoms with van der Waals surface area (Å²) in [5.41, 5.74) is 4.65. The smallest absolute Gasteiger partial charge is 0.272 e. The number of amides is 3. The van der Waals surface area contributed by atoms with Crippen molar-refractivity contribution in [3.63, 3.8) is 0 Å². The summed E-state index contributed by atoms with van der Waals surface area (Å²) in [5, 5.41) is 5.61. The van der Waals surface area contributed by atoms with Crippen LogP contribution in [0.25, 0.3) is 11.0 Å². The maximum absolute atomic E-state index is 13.3. The van der Waals surface area contributed by atoms with Crippen LogP contribution in [0.4, 0.5) is 11.4 Å². The van der Waals surface area contributed by atoms with Crippen molar-refractivity contribution in [1.29, 1.82) is 0 Å². The minimum absolute atomic E-state index is 0.0179. The summed E-state index contributed by atoms with van der Waals surface area (Å²) in [7, 11) is 5.79. The molecule has 2 aliphatic rings. The van der Waals surface area contributed by atoms with Gasteiger partial charge in [-0.25, -0.2) is 9.97 Å². The van der Waals surface area contributed by atoms with Crippen LogP contribution in [0, 0.1) is 0 Å². The van der Waals surface area contributed by atoms with Crippen molar-refractivity contribution in [1.82, 2.24) is 20.3 Å². The highest BCUT2D eigenvalue weighted by molar-refractivity contribution is 6.32. The third-order valence-corrected chi connectivity index (χ3v) is 6.62. The van der Waals surface area contributed by atoms with Gasteiger partial charge in [-0.3, -0.25) is 14.4 Å². The van der Waals surface area contributed by atoms with Crippen molar-refractivity contribution >= 4 is 53.4 Å². The number of fused-ring (bicyclic) bond motifs is 2. The number of aromatic amines is 1. The van der Waals surface area contributed by atoms with Crippen molar-refractivity contribution in [3.05, 3.63) is 71.8 Å². The topological polar surface area (TPSA) is 129 Å². The molecule has 1 unspecified atom stereocenters. The Kier molecular flexibility index (Phi) is 5.59. The van der Waals surface area contributed by atoms with Crippen molar-refractivity contribution in [2.75, 3.05) is 23.4 Å². The van der Waals surface area contributed by atoms with E-state index in [9.17, 15) is 14.4 Å². The minimum Gasteiger partial charge on any atom is -0.482 e. The number of carbonyl (C=O) groups is 3. The second kappa shape index (κ2) is 9.09. The van der Waals surface area contributed by atoms with Gasteiger partial charge in [0.2, 0.25) is 5.91 Å². The first-order valence-corrected chi connectivity index (χ1v) is 11.8. The number of nitrogens with zero attached hydrogens (tertiary/aromatic N) is 3. The van der Waals surface area contributed by atoms with Crippen LogP contribution in [-0.4, -0.2) is 53.7 Å². The number of H-pyrrole nitrogens is 1. The minimum atomic E-state index is -0.397. The summed E-state index contributed by atoms with van der Waals surface area (Å²) in [6.45, 7) is 0.732. The van der Waals surface area contributed by atoms with E-state index in [1.54, 1.807) is 35.4 Å². The average molecular weight is 492 g/mol. The molecule has 2 aliphatic heterocycles. The maximum atomic E-state index is 13.3. The van der Waals surface area contributed by atoms with Crippen LogP contribution in [0.5, 0.6) is 5.75 Å². The quantitative estimate of drug-likeness (QED) is 0.363. The largest absolute Gasteiger partial charge is 0.482 e. The summed E-state index contributed by atoms with van der Waals surface area (Å²) in [6, 6.07) is 12.7. The molecule has 2 aromatic carbocycles. The highest BCUT2D eigenvalue weighted by atomic mass is 16.5. The average Bonchev–Trinajstić information content (AvgIpc) is 3.50. The maximum Gasteiger partial charge on any atom is 0.272 e. The zero-order valence-corrected chi connectivity index (χ0v) is 19.7. The molecule has 2 radical (unpaired) electrons. The number of hydrogen-bond acceptors (Lipinski definition) is 6. The zero-order chi connectivity index (χ0) is 25.5. The van der Waals surface area contributed by atoms with Crippen LogP contribution < -0.4 is 25.7 Å². The summed E-state index contributed by atoms with van der Waals surface area (Å²) < 4.78 is 5.37. The number of carbonyl (C=O) groups excluding carboxylic acids is 3. The monoisotopic (exact) mass is 492 g/mol. The van der Waals surface area contributed by atoms with Gasteiger partial charge in [0.15, 0.2) is 12.3 Å². The Morgan fingerprint density at radius 2 is 2.00 bits per heavy atom. The molecule has 2 aromatic heterocycles. The fourth-order valence-electron chi connectivity index (χ4n) is 4.77. The van der Waals surface area contributed by atoms with Crippen LogP contribution in [0.3, 0.4) is 0 Å². The third-order valence-electron chi connectivity index (χ3n) is 6.62. The zero-order valence-electron chi connectivity index (χ0n) is 19.7. The van der Waals surface area contributed by atoms with Gasteiger partial charge in [0, 0.05) is 19.3 Å². The SMILES string of the molecule is [B]c1ccc(C2CCN(c3c[nH]c4c(C(=O)NCc5ccc6c(c5)NC(=O)CO6)ncnc34)C2=O)cc1. The predicted molar refractivity (Wildman–Crippen MR) is 137 cm³/mol. The molecule has 0 bridgehead atoms. The Labute approximate surface area is 212 Å². The third kappa shape index (κ3) is 4.18. The Morgan fingerprint density at radius 1 is 1.16 bits per heavy atom. The summed E-state index contributed by atoms with van der Waals surface area (Å²) >= 11 is 0. The first-order valence-electron chi connectivity index (χ1n) is 11.8. The molecule has 1 saturated heterocycles. The van der Waals surface area contributed by atoms with Gasteiger partial charge in [-0.05, 0) is 29.7 Å². The van der Waals surface area contributed by atoms with Crippen LogP contribution in [-0.2, 0) is 16.1 Å². The van der Waals surface area contributed by atoms with E-state index in [2.05, 4.69) is 25.6 Å². The van der Waals surface area contributed by atoms with E-state index >= 15 is 0 Å². The molecule has 6 rings (SSSR count). The van der Waals surface area contributed by atoms with Gasteiger partial charge in [0.1, 0.15) is 25.4 Å². The van der Waals surface area contributed by atoms with Gasteiger partial charge in [-0.1, -0.05) is 35.8 Å². The molecule has 4 aromatic rings. The molecule has 4 heterocycles. The number of hydrogen-bond donors (Lipinski definition) is 3. The Balaban J connectivity index is 1.20. The Morgan fingerprint density at radius 3 is 2.84 bits per heavy atom. The van der Waals surface area contributed by atoms with Gasteiger partial charge in [0.05, 0.1) is 22.8 Å². The number of nitrogens with one attached hydrogen (secondary N) is 3. The molecule has 0 spiro atoms. The first-order chi connectivity index (χ1) is 18.0. The van der Waals surface area contributed by atoms with Gasteiger partial charge < -0.3 is 25.3 Å². The lowest BCUT2D eigenvalue weighted by molar-refractivity contribution is -0.119. The number of anilines is 2. The second-order valence-corrected chi connectivity index (χ2v) is 8.97. The normalized spacial score (nSPS) is 16.9.